The number of esters is 2. The summed E-state index contributed by atoms with van der Waals surface area (Å²) in [4.78, 5) is 46.3. The highest BCUT2D eigenvalue weighted by atomic mass is 16.6. The van der Waals surface area contributed by atoms with E-state index in [4.69, 9.17) is 4.74 Å². The summed E-state index contributed by atoms with van der Waals surface area (Å²) in [6.45, 7) is 2.57. The Morgan fingerprint density at radius 2 is 1.79 bits per heavy atom. The zero-order valence-corrected chi connectivity index (χ0v) is 15.5. The first-order chi connectivity index (χ1) is 13.2. The molecule has 28 heavy (non-hydrogen) atoms. The molecule has 2 aromatic rings. The standard InChI is InChI=1S/C19H18N2O7/c1-11-7-8-13(18(23)27-3)9-15(11)20-16(22)10-28-19(24)14-6-4-5-12(2)17(14)21(25)26/h4-9H,10H2,1-3H3,(H,20,22). The summed E-state index contributed by atoms with van der Waals surface area (Å²) in [7, 11) is 1.24. The van der Waals surface area contributed by atoms with Crippen molar-refractivity contribution in [3.8, 4) is 0 Å². The van der Waals surface area contributed by atoms with E-state index in [0.717, 1.165) is 0 Å². The molecule has 0 aliphatic rings. The summed E-state index contributed by atoms with van der Waals surface area (Å²) in [5.74, 6) is -2.20. The molecule has 0 aliphatic carbocycles. The van der Waals surface area contributed by atoms with Crippen LogP contribution in [0.1, 0.15) is 31.8 Å². The lowest BCUT2D eigenvalue weighted by atomic mass is 10.1. The van der Waals surface area contributed by atoms with E-state index in [1.54, 1.807) is 19.1 Å². The number of carbonyl (C=O) groups excluding carboxylic acids is 3. The summed E-state index contributed by atoms with van der Waals surface area (Å²) >= 11 is 0. The number of anilines is 1. The van der Waals surface area contributed by atoms with E-state index in [9.17, 15) is 24.5 Å². The summed E-state index contributed by atoms with van der Waals surface area (Å²) in [6, 6.07) is 8.86. The minimum Gasteiger partial charge on any atom is -0.465 e. The molecule has 0 saturated heterocycles. The molecule has 1 N–H and O–H groups in total. The highest BCUT2D eigenvalue weighted by Gasteiger charge is 2.24. The third-order valence-corrected chi connectivity index (χ3v) is 3.91. The zero-order valence-electron chi connectivity index (χ0n) is 15.5. The SMILES string of the molecule is COC(=O)c1ccc(C)c(NC(=O)COC(=O)c2cccc(C)c2[N+](=O)[O-])c1. The number of rotatable bonds is 6. The van der Waals surface area contributed by atoms with E-state index in [-0.39, 0.29) is 16.8 Å². The van der Waals surface area contributed by atoms with Crippen LogP contribution in [0.4, 0.5) is 11.4 Å². The molecule has 0 radical (unpaired) electrons. The topological polar surface area (TPSA) is 125 Å². The van der Waals surface area contributed by atoms with Gasteiger partial charge in [-0.15, -0.1) is 0 Å². The van der Waals surface area contributed by atoms with Crippen molar-refractivity contribution in [1.82, 2.24) is 0 Å². The maximum absolute atomic E-state index is 12.2. The molecule has 0 saturated carbocycles. The number of nitrogens with zero attached hydrogens (tertiary/aromatic N) is 1. The fraction of sp³-hybridized carbons (Fsp3) is 0.211. The predicted molar refractivity (Wildman–Crippen MR) is 99.3 cm³/mol. The molecule has 0 bridgehead atoms. The predicted octanol–water partition coefficient (Wildman–Crippen LogP) is 2.79. The number of nitrogens with one attached hydrogen (secondary N) is 1. The summed E-state index contributed by atoms with van der Waals surface area (Å²) in [5, 5.41) is 13.7. The molecule has 2 rings (SSSR count). The number of carbonyl (C=O) groups is 3. The normalized spacial score (nSPS) is 10.1. The third-order valence-electron chi connectivity index (χ3n) is 3.91. The van der Waals surface area contributed by atoms with Crippen LogP contribution in [0.3, 0.4) is 0 Å². The van der Waals surface area contributed by atoms with Gasteiger partial charge in [0.05, 0.1) is 17.6 Å². The first-order valence-electron chi connectivity index (χ1n) is 8.14. The number of aryl methyl sites for hydroxylation is 2. The molecule has 146 valence electrons. The van der Waals surface area contributed by atoms with Gasteiger partial charge in [-0.3, -0.25) is 14.9 Å². The van der Waals surface area contributed by atoms with Crippen LogP contribution in [0.5, 0.6) is 0 Å². The van der Waals surface area contributed by atoms with Gasteiger partial charge in [-0.1, -0.05) is 18.2 Å². The summed E-state index contributed by atoms with van der Waals surface area (Å²) in [6.07, 6.45) is 0. The van der Waals surface area contributed by atoms with Gasteiger partial charge >= 0.3 is 11.9 Å². The Bertz CT molecular complexity index is 953. The fourth-order valence-corrected chi connectivity index (χ4v) is 2.46. The van der Waals surface area contributed by atoms with Gasteiger partial charge in [-0.25, -0.2) is 9.59 Å². The zero-order chi connectivity index (χ0) is 20.8. The van der Waals surface area contributed by atoms with Crippen LogP contribution < -0.4 is 5.32 Å². The maximum atomic E-state index is 12.2. The van der Waals surface area contributed by atoms with Crippen LogP contribution in [0.2, 0.25) is 0 Å². The van der Waals surface area contributed by atoms with Gasteiger partial charge in [0.25, 0.3) is 11.6 Å². The molecule has 0 unspecified atom stereocenters. The fourth-order valence-electron chi connectivity index (χ4n) is 2.46. The maximum Gasteiger partial charge on any atom is 0.345 e. The van der Waals surface area contributed by atoms with E-state index in [1.807, 2.05) is 0 Å². The second-order valence-corrected chi connectivity index (χ2v) is 5.87. The number of nitro benzene ring substituents is 1. The largest absolute Gasteiger partial charge is 0.465 e. The van der Waals surface area contributed by atoms with Crippen molar-refractivity contribution in [2.24, 2.45) is 0 Å². The molecular formula is C19H18N2O7. The van der Waals surface area contributed by atoms with E-state index in [0.29, 0.717) is 16.8 Å². The second kappa shape index (κ2) is 8.76. The minimum absolute atomic E-state index is 0.235. The highest BCUT2D eigenvalue weighted by Crippen LogP contribution is 2.24. The number of ether oxygens (including phenoxy) is 2. The Labute approximate surface area is 160 Å². The Balaban J connectivity index is 2.08. The molecule has 0 aliphatic heterocycles. The first kappa shape index (κ1) is 20.6. The van der Waals surface area contributed by atoms with Crippen molar-refractivity contribution in [2.45, 2.75) is 13.8 Å². The van der Waals surface area contributed by atoms with Crippen molar-refractivity contribution in [1.29, 1.82) is 0 Å². The lowest BCUT2D eigenvalue weighted by Gasteiger charge is -2.11. The molecule has 0 fully saturated rings. The van der Waals surface area contributed by atoms with E-state index in [1.165, 1.54) is 38.3 Å². The average Bonchev–Trinajstić information content (AvgIpc) is 2.66. The molecule has 9 nitrogen and oxygen atoms in total. The number of para-hydroxylation sites is 1. The van der Waals surface area contributed by atoms with Crippen LogP contribution >= 0.6 is 0 Å². The Kier molecular flexibility index (Phi) is 6.43. The first-order valence-corrected chi connectivity index (χ1v) is 8.14. The van der Waals surface area contributed by atoms with Crippen molar-refractivity contribution >= 4 is 29.2 Å². The van der Waals surface area contributed by atoms with E-state index < -0.39 is 29.4 Å². The number of benzene rings is 2. The van der Waals surface area contributed by atoms with E-state index in [2.05, 4.69) is 10.1 Å². The molecule has 0 spiro atoms. The van der Waals surface area contributed by atoms with Crippen LogP contribution in [0.15, 0.2) is 36.4 Å². The van der Waals surface area contributed by atoms with Crippen molar-refractivity contribution in [2.75, 3.05) is 19.0 Å². The van der Waals surface area contributed by atoms with Gasteiger partial charge in [-0.05, 0) is 37.6 Å². The van der Waals surface area contributed by atoms with Crippen LogP contribution in [0, 0.1) is 24.0 Å². The number of amides is 1. The molecule has 9 heteroatoms. The van der Waals surface area contributed by atoms with Crippen LogP contribution in [0.25, 0.3) is 0 Å². The minimum atomic E-state index is -0.981. The second-order valence-electron chi connectivity index (χ2n) is 5.87. The van der Waals surface area contributed by atoms with Gasteiger partial charge in [0.15, 0.2) is 6.61 Å². The lowest BCUT2D eigenvalue weighted by molar-refractivity contribution is -0.385. The molecule has 1 amide bonds. The van der Waals surface area contributed by atoms with Gasteiger partial charge in [0.1, 0.15) is 5.56 Å². The molecule has 0 aromatic heterocycles. The van der Waals surface area contributed by atoms with Crippen LogP contribution in [-0.2, 0) is 14.3 Å². The quantitative estimate of drug-likeness (QED) is 0.460. The molecule has 2 aromatic carbocycles. The van der Waals surface area contributed by atoms with Crippen molar-refractivity contribution in [3.63, 3.8) is 0 Å². The highest BCUT2D eigenvalue weighted by molar-refractivity contribution is 5.99. The van der Waals surface area contributed by atoms with Gasteiger partial charge in [0.2, 0.25) is 0 Å². The molecule has 0 atom stereocenters. The third kappa shape index (κ3) is 4.70. The number of hydrogen-bond donors (Lipinski definition) is 1. The Morgan fingerprint density at radius 3 is 2.43 bits per heavy atom. The van der Waals surface area contributed by atoms with Crippen molar-refractivity contribution < 1.29 is 28.8 Å². The van der Waals surface area contributed by atoms with Gasteiger partial charge in [0, 0.05) is 11.3 Å². The average molecular weight is 386 g/mol. The Morgan fingerprint density at radius 1 is 1.07 bits per heavy atom. The van der Waals surface area contributed by atoms with Crippen molar-refractivity contribution in [3.05, 3.63) is 68.8 Å². The van der Waals surface area contributed by atoms with Crippen LogP contribution in [-0.4, -0.2) is 36.5 Å². The number of nitro groups is 1. The monoisotopic (exact) mass is 386 g/mol. The van der Waals surface area contributed by atoms with Gasteiger partial charge < -0.3 is 14.8 Å². The molecule has 0 heterocycles. The molecular weight excluding hydrogens is 368 g/mol. The summed E-state index contributed by atoms with van der Waals surface area (Å²) < 4.78 is 9.53. The number of methoxy groups -OCH3 is 1. The van der Waals surface area contributed by atoms with E-state index >= 15 is 0 Å². The smallest absolute Gasteiger partial charge is 0.345 e. The Hall–Kier alpha value is -3.75. The summed E-state index contributed by atoms with van der Waals surface area (Å²) in [5.41, 5.74) is 0.985. The van der Waals surface area contributed by atoms with Gasteiger partial charge in [-0.2, -0.15) is 0 Å². The lowest BCUT2D eigenvalue weighted by Crippen LogP contribution is -2.22. The number of hydrogen-bond acceptors (Lipinski definition) is 7.